The number of carbonyl (C=O) groups excluding carboxylic acids is 2. The summed E-state index contributed by atoms with van der Waals surface area (Å²) in [5.41, 5.74) is 5.20. The monoisotopic (exact) mass is 657 g/mol. The molecular weight excluding hydrogens is 625 g/mol. The number of methoxy groups -OCH3 is 1. The second-order valence-corrected chi connectivity index (χ2v) is 11.8. The number of carbonyl (C=O) groups is 2. The smallest absolute Gasteiger partial charge is 0.293 e. The van der Waals surface area contributed by atoms with E-state index in [4.69, 9.17) is 14.2 Å². The van der Waals surface area contributed by atoms with E-state index in [2.05, 4.69) is 61.6 Å². The van der Waals surface area contributed by atoms with E-state index >= 15 is 0 Å². The molecule has 0 atom stereocenters. The summed E-state index contributed by atoms with van der Waals surface area (Å²) in [5.74, 6) is 1.98. The quantitative estimate of drug-likeness (QED) is 0.164. The van der Waals surface area contributed by atoms with E-state index < -0.39 is 0 Å². The van der Waals surface area contributed by atoms with Crippen molar-refractivity contribution >= 4 is 51.6 Å². The van der Waals surface area contributed by atoms with Crippen molar-refractivity contribution in [3.63, 3.8) is 0 Å². The molecule has 6 nitrogen and oxygen atoms in total. The topological polar surface area (TPSA) is 65.1 Å². The van der Waals surface area contributed by atoms with Gasteiger partial charge in [0.15, 0.2) is 11.5 Å². The molecule has 2 amide bonds. The predicted octanol–water partition coefficient (Wildman–Crippen LogP) is 7.73. The number of benzene rings is 3. The first-order valence-electron chi connectivity index (χ1n) is 12.7. The summed E-state index contributed by atoms with van der Waals surface area (Å²) in [6, 6.07) is 17.9. The zero-order chi connectivity index (χ0) is 28.1. The van der Waals surface area contributed by atoms with E-state index in [1.165, 1.54) is 4.90 Å². The van der Waals surface area contributed by atoms with Crippen LogP contribution >= 0.6 is 34.4 Å². The Bertz CT molecular complexity index is 1420. The van der Waals surface area contributed by atoms with Crippen LogP contribution < -0.4 is 14.2 Å². The van der Waals surface area contributed by atoms with Crippen LogP contribution in [0.3, 0.4) is 0 Å². The van der Waals surface area contributed by atoms with Crippen LogP contribution in [0.1, 0.15) is 47.6 Å². The van der Waals surface area contributed by atoms with Gasteiger partial charge in [-0.1, -0.05) is 50.2 Å². The van der Waals surface area contributed by atoms with Crippen molar-refractivity contribution in [1.29, 1.82) is 0 Å². The van der Waals surface area contributed by atoms with Gasteiger partial charge in [0.25, 0.3) is 11.1 Å². The first-order chi connectivity index (χ1) is 18.7. The van der Waals surface area contributed by atoms with Gasteiger partial charge in [0.05, 0.1) is 22.1 Å². The van der Waals surface area contributed by atoms with Crippen molar-refractivity contribution in [3.05, 3.63) is 90.9 Å². The van der Waals surface area contributed by atoms with Crippen LogP contribution in [0.4, 0.5) is 4.79 Å². The number of thioether (sulfide) groups is 1. The Morgan fingerprint density at radius 2 is 1.77 bits per heavy atom. The highest BCUT2D eigenvalue weighted by molar-refractivity contribution is 14.1. The predicted molar refractivity (Wildman–Crippen MR) is 165 cm³/mol. The third kappa shape index (κ3) is 6.97. The van der Waals surface area contributed by atoms with Crippen LogP contribution in [0.2, 0.25) is 0 Å². The fourth-order valence-corrected chi connectivity index (χ4v) is 5.87. The molecule has 0 spiro atoms. The molecule has 0 radical (unpaired) electrons. The van der Waals surface area contributed by atoms with E-state index in [9.17, 15) is 9.59 Å². The lowest BCUT2D eigenvalue weighted by atomic mass is 10.0. The third-order valence-electron chi connectivity index (χ3n) is 6.42. The van der Waals surface area contributed by atoms with Gasteiger partial charge in [0.2, 0.25) is 0 Å². The number of imide groups is 1. The molecule has 0 saturated carbocycles. The molecule has 0 N–H and O–H groups in total. The van der Waals surface area contributed by atoms with Crippen molar-refractivity contribution in [1.82, 2.24) is 4.90 Å². The van der Waals surface area contributed by atoms with Gasteiger partial charge in [-0.2, -0.15) is 0 Å². The second-order valence-electron chi connectivity index (χ2n) is 9.63. The molecule has 3 aromatic carbocycles. The Morgan fingerprint density at radius 3 is 2.49 bits per heavy atom. The normalized spacial score (nSPS) is 14.4. The van der Waals surface area contributed by atoms with E-state index in [1.54, 1.807) is 13.2 Å². The van der Waals surface area contributed by atoms with Gasteiger partial charge in [0.1, 0.15) is 19.0 Å². The van der Waals surface area contributed by atoms with Crippen LogP contribution in [0.25, 0.3) is 6.08 Å². The van der Waals surface area contributed by atoms with Gasteiger partial charge in [-0.05, 0) is 106 Å². The lowest BCUT2D eigenvalue weighted by Crippen LogP contribution is -2.32. The zero-order valence-corrected chi connectivity index (χ0v) is 25.7. The van der Waals surface area contributed by atoms with Crippen LogP contribution in [0.15, 0.2) is 59.5 Å². The van der Waals surface area contributed by atoms with Crippen molar-refractivity contribution in [2.24, 2.45) is 0 Å². The number of amides is 2. The maximum atomic E-state index is 13.1. The van der Waals surface area contributed by atoms with Gasteiger partial charge in [-0.15, -0.1) is 0 Å². The summed E-state index contributed by atoms with van der Waals surface area (Å²) in [7, 11) is 1.59. The molecule has 1 heterocycles. The molecule has 0 aromatic heterocycles. The molecule has 39 heavy (non-hydrogen) atoms. The number of hydrogen-bond donors (Lipinski definition) is 0. The van der Waals surface area contributed by atoms with Gasteiger partial charge < -0.3 is 14.2 Å². The number of nitrogens with zero attached hydrogens (tertiary/aromatic N) is 1. The maximum Gasteiger partial charge on any atom is 0.293 e. The minimum atomic E-state index is -0.323. The summed E-state index contributed by atoms with van der Waals surface area (Å²) in [6.45, 7) is 9.11. The fourth-order valence-electron chi connectivity index (χ4n) is 4.22. The Hall–Kier alpha value is -2.98. The number of aryl methyl sites for hydroxylation is 2. The molecule has 0 bridgehead atoms. The van der Waals surface area contributed by atoms with Crippen LogP contribution in [0.5, 0.6) is 17.2 Å². The van der Waals surface area contributed by atoms with E-state index in [-0.39, 0.29) is 24.3 Å². The molecule has 0 unspecified atom stereocenters. The number of hydrogen-bond acceptors (Lipinski definition) is 6. The standard InChI is InChI=1S/C31H32INO5S/c1-19(2)24-11-10-20(3)14-26(24)37-13-12-33-30(34)28(39-31(33)35)17-22-15-25(32)29(27(16-22)36-5)38-18-23-9-7-6-8-21(23)4/h6-11,14-17,19H,12-13,18H2,1-5H3/b28-17-. The fraction of sp³-hybridized carbons (Fsp3) is 0.290. The van der Waals surface area contributed by atoms with E-state index in [0.717, 1.165) is 48.9 Å². The molecule has 1 aliphatic rings. The van der Waals surface area contributed by atoms with Gasteiger partial charge >= 0.3 is 0 Å². The van der Waals surface area contributed by atoms with Crippen LogP contribution in [-0.4, -0.2) is 36.3 Å². The molecule has 0 aliphatic carbocycles. The Morgan fingerprint density at radius 1 is 1.00 bits per heavy atom. The summed E-state index contributed by atoms with van der Waals surface area (Å²) in [5, 5.41) is -0.303. The lowest BCUT2D eigenvalue weighted by molar-refractivity contribution is -0.123. The minimum absolute atomic E-state index is 0.181. The Labute approximate surface area is 247 Å². The van der Waals surface area contributed by atoms with Crippen LogP contribution in [-0.2, 0) is 11.4 Å². The highest BCUT2D eigenvalue weighted by atomic mass is 127. The summed E-state index contributed by atoms with van der Waals surface area (Å²) >= 11 is 3.13. The van der Waals surface area contributed by atoms with E-state index in [1.807, 2.05) is 43.3 Å². The first-order valence-corrected chi connectivity index (χ1v) is 14.6. The maximum absolute atomic E-state index is 13.1. The highest BCUT2D eigenvalue weighted by Gasteiger charge is 2.35. The van der Waals surface area contributed by atoms with Crippen molar-refractivity contribution in [2.45, 2.75) is 40.2 Å². The highest BCUT2D eigenvalue weighted by Crippen LogP contribution is 2.38. The summed E-state index contributed by atoms with van der Waals surface area (Å²) in [6.07, 6.45) is 1.72. The van der Waals surface area contributed by atoms with Gasteiger partial charge in [-0.25, -0.2) is 0 Å². The van der Waals surface area contributed by atoms with Gasteiger partial charge in [-0.3, -0.25) is 14.5 Å². The molecule has 8 heteroatoms. The lowest BCUT2D eigenvalue weighted by Gasteiger charge is -2.17. The van der Waals surface area contributed by atoms with E-state index in [0.29, 0.717) is 28.9 Å². The second kappa shape index (κ2) is 12.9. The van der Waals surface area contributed by atoms with Gasteiger partial charge in [0, 0.05) is 0 Å². The molecule has 4 rings (SSSR count). The van der Waals surface area contributed by atoms with Crippen LogP contribution in [0, 0.1) is 17.4 Å². The summed E-state index contributed by atoms with van der Waals surface area (Å²) in [4.78, 5) is 27.4. The Balaban J connectivity index is 1.45. The SMILES string of the molecule is COc1cc(/C=C2\SC(=O)N(CCOc3cc(C)ccc3C(C)C)C2=O)cc(I)c1OCc1ccccc1C. The largest absolute Gasteiger partial charge is 0.493 e. The number of halogens is 1. The molecule has 3 aromatic rings. The molecule has 204 valence electrons. The first kappa shape index (κ1) is 29.0. The number of ether oxygens (including phenoxy) is 3. The molecule has 1 aliphatic heterocycles. The van der Waals surface area contributed by atoms with Crippen molar-refractivity contribution in [3.8, 4) is 17.2 Å². The summed E-state index contributed by atoms with van der Waals surface area (Å²) < 4.78 is 18.6. The third-order valence-corrected chi connectivity index (χ3v) is 8.13. The van der Waals surface area contributed by atoms with Crippen molar-refractivity contribution < 1.29 is 23.8 Å². The average Bonchev–Trinajstić information content (AvgIpc) is 3.15. The minimum Gasteiger partial charge on any atom is -0.493 e. The average molecular weight is 658 g/mol. The zero-order valence-electron chi connectivity index (χ0n) is 22.7. The molecule has 1 saturated heterocycles. The Kier molecular flexibility index (Phi) is 9.61. The number of rotatable bonds is 10. The van der Waals surface area contributed by atoms with Crippen molar-refractivity contribution in [2.75, 3.05) is 20.3 Å². The molecule has 1 fully saturated rings. The molecular formula is C31H32INO5S.